The third-order valence-electron chi connectivity index (χ3n) is 4.81. The van der Waals surface area contributed by atoms with Gasteiger partial charge >= 0.3 is 0 Å². The van der Waals surface area contributed by atoms with Gasteiger partial charge in [0.25, 0.3) is 5.91 Å². The summed E-state index contributed by atoms with van der Waals surface area (Å²) in [5, 5.41) is 9.32. The first-order valence-electron chi connectivity index (χ1n) is 10.2. The highest BCUT2D eigenvalue weighted by Gasteiger charge is 2.12. The average molecular weight is 518 g/mol. The standard InChI is InChI=1S/C21H34N4O3.HI/c1-22-21(25-14-15-28-18-9-5-3-4-6-10-18)24-13-12-23-20(26)17-8-7-11-19(16-17)27-2;/h7-8,11,16,18H,3-6,9-10,12-15H2,1-2H3,(H,23,26)(H2,22,24,25);1H. The Morgan fingerprint density at radius 1 is 1.07 bits per heavy atom. The molecule has 8 heteroatoms. The van der Waals surface area contributed by atoms with Crippen molar-refractivity contribution in [2.45, 2.75) is 44.6 Å². The number of guanidine groups is 1. The molecule has 1 aliphatic rings. The number of benzene rings is 1. The van der Waals surface area contributed by atoms with Crippen LogP contribution in [0.2, 0.25) is 0 Å². The number of ether oxygens (including phenoxy) is 2. The Kier molecular flexibility index (Phi) is 13.5. The summed E-state index contributed by atoms with van der Waals surface area (Å²) >= 11 is 0. The highest BCUT2D eigenvalue weighted by Crippen LogP contribution is 2.19. The summed E-state index contributed by atoms with van der Waals surface area (Å²) in [5.74, 6) is 1.25. The first kappa shape index (κ1) is 25.5. The summed E-state index contributed by atoms with van der Waals surface area (Å²) in [4.78, 5) is 16.4. The molecule has 3 N–H and O–H groups in total. The van der Waals surface area contributed by atoms with Gasteiger partial charge in [-0.1, -0.05) is 31.7 Å². The van der Waals surface area contributed by atoms with Gasteiger partial charge < -0.3 is 25.4 Å². The van der Waals surface area contributed by atoms with Crippen molar-refractivity contribution in [2.24, 2.45) is 4.99 Å². The number of halogens is 1. The molecule has 0 aliphatic heterocycles. The van der Waals surface area contributed by atoms with Crippen LogP contribution in [0.5, 0.6) is 5.75 Å². The Morgan fingerprint density at radius 2 is 1.76 bits per heavy atom. The summed E-state index contributed by atoms with van der Waals surface area (Å²) < 4.78 is 11.1. The Hall–Kier alpha value is -1.55. The van der Waals surface area contributed by atoms with Gasteiger partial charge in [0.05, 0.1) is 19.8 Å². The molecular formula is C21H35IN4O3. The molecule has 0 aromatic heterocycles. The van der Waals surface area contributed by atoms with Gasteiger partial charge in [-0.15, -0.1) is 24.0 Å². The van der Waals surface area contributed by atoms with Crippen LogP contribution in [-0.2, 0) is 4.74 Å². The van der Waals surface area contributed by atoms with E-state index in [1.807, 2.05) is 6.07 Å². The van der Waals surface area contributed by atoms with Crippen molar-refractivity contribution < 1.29 is 14.3 Å². The van der Waals surface area contributed by atoms with E-state index in [2.05, 4.69) is 20.9 Å². The van der Waals surface area contributed by atoms with E-state index in [4.69, 9.17) is 9.47 Å². The molecule has 29 heavy (non-hydrogen) atoms. The molecule has 0 spiro atoms. The number of nitrogens with one attached hydrogen (secondary N) is 3. The molecule has 1 fully saturated rings. The van der Waals surface area contributed by atoms with Gasteiger partial charge in [-0.05, 0) is 31.0 Å². The average Bonchev–Trinajstić information content (AvgIpc) is 3.01. The Balaban J connectivity index is 0.00000420. The minimum Gasteiger partial charge on any atom is -0.497 e. The molecule has 0 saturated heterocycles. The molecule has 0 unspecified atom stereocenters. The number of methoxy groups -OCH3 is 1. The van der Waals surface area contributed by atoms with Crippen LogP contribution in [0, 0.1) is 0 Å². The number of aliphatic imine (C=N–C) groups is 1. The fourth-order valence-corrected chi connectivity index (χ4v) is 3.25. The minimum absolute atomic E-state index is 0. The van der Waals surface area contributed by atoms with Crippen molar-refractivity contribution in [1.82, 2.24) is 16.0 Å². The Labute approximate surface area is 191 Å². The lowest BCUT2D eigenvalue weighted by Crippen LogP contribution is -2.42. The predicted molar refractivity (Wildman–Crippen MR) is 128 cm³/mol. The largest absolute Gasteiger partial charge is 0.497 e. The smallest absolute Gasteiger partial charge is 0.251 e. The van der Waals surface area contributed by atoms with Crippen LogP contribution in [0.25, 0.3) is 0 Å². The molecule has 7 nitrogen and oxygen atoms in total. The maximum atomic E-state index is 12.2. The van der Waals surface area contributed by atoms with E-state index >= 15 is 0 Å². The van der Waals surface area contributed by atoms with Gasteiger partial charge in [0.1, 0.15) is 5.75 Å². The van der Waals surface area contributed by atoms with Crippen LogP contribution in [0.15, 0.2) is 29.3 Å². The maximum Gasteiger partial charge on any atom is 0.251 e. The van der Waals surface area contributed by atoms with E-state index in [-0.39, 0.29) is 29.9 Å². The van der Waals surface area contributed by atoms with Gasteiger partial charge in [0.15, 0.2) is 5.96 Å². The van der Waals surface area contributed by atoms with Crippen LogP contribution < -0.4 is 20.7 Å². The molecule has 164 valence electrons. The molecule has 0 atom stereocenters. The van der Waals surface area contributed by atoms with Crippen LogP contribution in [0.4, 0.5) is 0 Å². The third kappa shape index (κ3) is 10.2. The van der Waals surface area contributed by atoms with Crippen molar-refractivity contribution in [3.8, 4) is 5.75 Å². The summed E-state index contributed by atoms with van der Waals surface area (Å²) in [6.45, 7) is 2.47. The molecular weight excluding hydrogens is 483 g/mol. The van der Waals surface area contributed by atoms with Gasteiger partial charge in [0, 0.05) is 32.2 Å². The normalized spacial score (nSPS) is 15.0. The monoisotopic (exact) mass is 518 g/mol. The molecule has 2 rings (SSSR count). The Bertz CT molecular complexity index is 620. The van der Waals surface area contributed by atoms with E-state index in [1.54, 1.807) is 32.4 Å². The second-order valence-corrected chi connectivity index (χ2v) is 6.90. The topological polar surface area (TPSA) is 84.0 Å². The number of carbonyl (C=O) groups is 1. The zero-order chi connectivity index (χ0) is 20.0. The highest BCUT2D eigenvalue weighted by molar-refractivity contribution is 14.0. The number of nitrogens with zero attached hydrogens (tertiary/aromatic N) is 1. The van der Waals surface area contributed by atoms with Gasteiger partial charge in [-0.25, -0.2) is 0 Å². The summed E-state index contributed by atoms with van der Waals surface area (Å²) in [6, 6.07) is 7.10. The second-order valence-electron chi connectivity index (χ2n) is 6.90. The number of hydrogen-bond donors (Lipinski definition) is 3. The molecule has 0 bridgehead atoms. The number of hydrogen-bond acceptors (Lipinski definition) is 4. The molecule has 0 heterocycles. The highest BCUT2D eigenvalue weighted by atomic mass is 127. The van der Waals surface area contributed by atoms with Crippen molar-refractivity contribution in [2.75, 3.05) is 40.4 Å². The number of carbonyl (C=O) groups excluding carboxylic acids is 1. The lowest BCUT2D eigenvalue weighted by atomic mass is 10.1. The van der Waals surface area contributed by atoms with Crippen molar-refractivity contribution in [3.05, 3.63) is 29.8 Å². The van der Waals surface area contributed by atoms with E-state index in [0.717, 1.165) is 0 Å². The summed E-state index contributed by atoms with van der Waals surface area (Å²) in [7, 11) is 3.32. The van der Waals surface area contributed by atoms with Crippen LogP contribution in [0.3, 0.4) is 0 Å². The fraction of sp³-hybridized carbons (Fsp3) is 0.619. The first-order chi connectivity index (χ1) is 13.7. The fourth-order valence-electron chi connectivity index (χ4n) is 3.25. The van der Waals surface area contributed by atoms with E-state index < -0.39 is 0 Å². The van der Waals surface area contributed by atoms with Gasteiger partial charge in [-0.2, -0.15) is 0 Å². The third-order valence-corrected chi connectivity index (χ3v) is 4.81. The van der Waals surface area contributed by atoms with Crippen LogP contribution in [0.1, 0.15) is 48.9 Å². The Morgan fingerprint density at radius 3 is 2.45 bits per heavy atom. The quantitative estimate of drug-likeness (QED) is 0.154. The first-order valence-corrected chi connectivity index (χ1v) is 10.2. The lowest BCUT2D eigenvalue weighted by molar-refractivity contribution is 0.0468. The van der Waals surface area contributed by atoms with E-state index in [9.17, 15) is 4.79 Å². The molecule has 1 aliphatic carbocycles. The van der Waals surface area contributed by atoms with Crippen molar-refractivity contribution >= 4 is 35.8 Å². The minimum atomic E-state index is -0.125. The number of amides is 1. The van der Waals surface area contributed by atoms with Crippen molar-refractivity contribution in [1.29, 1.82) is 0 Å². The molecule has 0 radical (unpaired) electrons. The molecule has 1 saturated carbocycles. The lowest BCUT2D eigenvalue weighted by Gasteiger charge is -2.17. The summed E-state index contributed by atoms with van der Waals surface area (Å²) in [5.41, 5.74) is 0.581. The zero-order valence-corrected chi connectivity index (χ0v) is 19.9. The zero-order valence-electron chi connectivity index (χ0n) is 17.5. The molecule has 1 amide bonds. The second kappa shape index (κ2) is 15.3. The van der Waals surface area contributed by atoms with Gasteiger partial charge in [-0.3, -0.25) is 9.79 Å². The number of rotatable bonds is 9. The van der Waals surface area contributed by atoms with Crippen molar-refractivity contribution in [3.63, 3.8) is 0 Å². The van der Waals surface area contributed by atoms with Crippen LogP contribution in [-0.4, -0.2) is 58.4 Å². The van der Waals surface area contributed by atoms with E-state index in [0.29, 0.717) is 49.6 Å². The van der Waals surface area contributed by atoms with Gasteiger partial charge in [0.2, 0.25) is 0 Å². The van der Waals surface area contributed by atoms with E-state index in [1.165, 1.54) is 38.5 Å². The SMILES string of the molecule is CN=C(NCCNC(=O)c1cccc(OC)c1)NCCOC1CCCCCC1.I. The molecule has 1 aromatic rings. The molecule has 1 aromatic carbocycles. The maximum absolute atomic E-state index is 12.2. The summed E-state index contributed by atoms with van der Waals surface area (Å²) in [6.07, 6.45) is 8.00. The predicted octanol–water partition coefficient (Wildman–Crippen LogP) is 2.95. The van der Waals surface area contributed by atoms with Crippen LogP contribution >= 0.6 is 24.0 Å².